The molecular formula is C18H27BrN2O4S. The van der Waals surface area contributed by atoms with E-state index in [2.05, 4.69) is 21.2 Å². The van der Waals surface area contributed by atoms with E-state index in [4.69, 9.17) is 0 Å². The van der Waals surface area contributed by atoms with Gasteiger partial charge in [0, 0.05) is 23.5 Å². The fourth-order valence-electron chi connectivity index (χ4n) is 2.48. The first kappa shape index (κ1) is 22.6. The van der Waals surface area contributed by atoms with Crippen molar-refractivity contribution in [2.45, 2.75) is 38.5 Å². The second kappa shape index (κ2) is 10.7. The fraction of sp³-hybridized carbons (Fsp3) is 0.556. The maximum Gasteiger partial charge on any atom is 0.239 e. The molecule has 0 spiro atoms. The number of hydrogen-bond acceptors (Lipinski definition) is 4. The van der Waals surface area contributed by atoms with Crippen molar-refractivity contribution in [1.29, 1.82) is 0 Å². The highest BCUT2D eigenvalue weighted by Gasteiger charge is 2.27. The Morgan fingerprint density at radius 2 is 1.77 bits per heavy atom. The molecule has 0 saturated heterocycles. The van der Waals surface area contributed by atoms with Crippen LogP contribution in [0.1, 0.15) is 33.6 Å². The van der Waals surface area contributed by atoms with Gasteiger partial charge in [-0.3, -0.25) is 9.59 Å². The SMILES string of the molecule is CCCNC(=O)CN(CCC)C(=O)[C@H](C)CS(=O)(=O)c1ccc(Br)cc1. The Balaban J connectivity index is 2.81. The molecule has 1 rings (SSSR count). The second-order valence-corrected chi connectivity index (χ2v) is 9.20. The molecule has 0 heterocycles. The summed E-state index contributed by atoms with van der Waals surface area (Å²) in [7, 11) is -3.58. The van der Waals surface area contributed by atoms with E-state index in [0.29, 0.717) is 19.5 Å². The van der Waals surface area contributed by atoms with E-state index in [-0.39, 0.29) is 29.0 Å². The van der Waals surface area contributed by atoms with E-state index in [9.17, 15) is 18.0 Å². The zero-order chi connectivity index (χ0) is 19.7. The first-order valence-corrected chi connectivity index (χ1v) is 11.2. The third-order valence-electron chi connectivity index (χ3n) is 3.78. The first-order valence-electron chi connectivity index (χ1n) is 8.75. The minimum atomic E-state index is -3.58. The Kier molecular flexibility index (Phi) is 9.29. The number of halogens is 1. The number of amides is 2. The van der Waals surface area contributed by atoms with Crippen molar-refractivity contribution in [3.8, 4) is 0 Å². The molecule has 0 aliphatic rings. The molecule has 0 radical (unpaired) electrons. The van der Waals surface area contributed by atoms with Crippen LogP contribution in [0.3, 0.4) is 0 Å². The van der Waals surface area contributed by atoms with E-state index in [1.165, 1.54) is 17.0 Å². The van der Waals surface area contributed by atoms with Crippen LogP contribution in [0.5, 0.6) is 0 Å². The summed E-state index contributed by atoms with van der Waals surface area (Å²) >= 11 is 3.27. The van der Waals surface area contributed by atoms with Crippen molar-refractivity contribution < 1.29 is 18.0 Å². The van der Waals surface area contributed by atoms with E-state index >= 15 is 0 Å². The van der Waals surface area contributed by atoms with Gasteiger partial charge < -0.3 is 10.2 Å². The number of carbonyl (C=O) groups is 2. The Morgan fingerprint density at radius 1 is 1.15 bits per heavy atom. The van der Waals surface area contributed by atoms with Gasteiger partial charge in [0.1, 0.15) is 0 Å². The molecule has 0 aromatic heterocycles. The van der Waals surface area contributed by atoms with Gasteiger partial charge in [0.05, 0.1) is 17.2 Å². The van der Waals surface area contributed by atoms with Crippen LogP contribution in [0.15, 0.2) is 33.6 Å². The number of rotatable bonds is 10. The molecule has 0 unspecified atom stereocenters. The molecule has 6 nitrogen and oxygen atoms in total. The monoisotopic (exact) mass is 446 g/mol. The highest BCUT2D eigenvalue weighted by atomic mass is 79.9. The van der Waals surface area contributed by atoms with Gasteiger partial charge in [0.2, 0.25) is 11.8 Å². The molecular weight excluding hydrogens is 420 g/mol. The fourth-order valence-corrected chi connectivity index (χ4v) is 4.29. The molecule has 1 N–H and O–H groups in total. The molecule has 0 saturated carbocycles. The van der Waals surface area contributed by atoms with Gasteiger partial charge in [0.15, 0.2) is 9.84 Å². The quantitative estimate of drug-likeness (QED) is 0.598. The number of benzene rings is 1. The predicted octanol–water partition coefficient (Wildman–Crippen LogP) is 2.62. The topological polar surface area (TPSA) is 83.6 Å². The van der Waals surface area contributed by atoms with Crippen molar-refractivity contribution in [3.05, 3.63) is 28.7 Å². The normalized spacial score (nSPS) is 12.5. The zero-order valence-electron chi connectivity index (χ0n) is 15.5. The van der Waals surface area contributed by atoms with E-state index in [0.717, 1.165) is 10.9 Å². The van der Waals surface area contributed by atoms with Crippen molar-refractivity contribution in [2.75, 3.05) is 25.4 Å². The molecule has 146 valence electrons. The average molecular weight is 447 g/mol. The van der Waals surface area contributed by atoms with Crippen molar-refractivity contribution in [3.63, 3.8) is 0 Å². The summed E-state index contributed by atoms with van der Waals surface area (Å²) in [4.78, 5) is 26.2. The summed E-state index contributed by atoms with van der Waals surface area (Å²) in [6.45, 7) is 6.37. The maximum absolute atomic E-state index is 12.7. The van der Waals surface area contributed by atoms with Gasteiger partial charge in [-0.15, -0.1) is 0 Å². The highest BCUT2D eigenvalue weighted by Crippen LogP contribution is 2.18. The lowest BCUT2D eigenvalue weighted by atomic mass is 10.2. The van der Waals surface area contributed by atoms with Crippen LogP contribution in [0, 0.1) is 5.92 Å². The molecule has 1 atom stereocenters. The van der Waals surface area contributed by atoms with E-state index in [1.807, 2.05) is 13.8 Å². The molecule has 0 fully saturated rings. The highest BCUT2D eigenvalue weighted by molar-refractivity contribution is 9.10. The molecule has 1 aromatic rings. The van der Waals surface area contributed by atoms with Crippen molar-refractivity contribution >= 4 is 37.6 Å². The van der Waals surface area contributed by atoms with Gasteiger partial charge in [-0.25, -0.2) is 8.42 Å². The van der Waals surface area contributed by atoms with Crippen LogP contribution in [0.25, 0.3) is 0 Å². The molecule has 2 amide bonds. The summed E-state index contributed by atoms with van der Waals surface area (Å²) in [6, 6.07) is 6.33. The minimum Gasteiger partial charge on any atom is -0.355 e. The van der Waals surface area contributed by atoms with Crippen LogP contribution >= 0.6 is 15.9 Å². The lowest BCUT2D eigenvalue weighted by Crippen LogP contribution is -2.44. The van der Waals surface area contributed by atoms with E-state index < -0.39 is 15.8 Å². The number of hydrogen-bond donors (Lipinski definition) is 1. The summed E-state index contributed by atoms with van der Waals surface area (Å²) in [5.41, 5.74) is 0. The molecule has 26 heavy (non-hydrogen) atoms. The van der Waals surface area contributed by atoms with E-state index in [1.54, 1.807) is 19.1 Å². The average Bonchev–Trinajstić information content (AvgIpc) is 2.58. The summed E-state index contributed by atoms with van der Waals surface area (Å²) < 4.78 is 25.9. The van der Waals surface area contributed by atoms with Gasteiger partial charge in [0.25, 0.3) is 0 Å². The molecule has 0 bridgehead atoms. The standard InChI is InChI=1S/C18H27BrN2O4S/c1-4-10-20-17(22)12-21(11-5-2)18(23)14(3)13-26(24,25)16-8-6-15(19)7-9-16/h6-9,14H,4-5,10-13H2,1-3H3,(H,20,22)/t14-/m1/s1. The Hall–Kier alpha value is -1.41. The third kappa shape index (κ3) is 7.07. The third-order valence-corrected chi connectivity index (χ3v) is 6.23. The molecule has 0 aliphatic heterocycles. The van der Waals surface area contributed by atoms with Gasteiger partial charge in [-0.2, -0.15) is 0 Å². The summed E-state index contributed by atoms with van der Waals surface area (Å²) in [5, 5.41) is 2.74. The predicted molar refractivity (Wildman–Crippen MR) is 106 cm³/mol. The van der Waals surface area contributed by atoms with Gasteiger partial charge >= 0.3 is 0 Å². The molecule has 0 aliphatic carbocycles. The molecule has 8 heteroatoms. The van der Waals surface area contributed by atoms with Gasteiger partial charge in [-0.05, 0) is 37.1 Å². The summed E-state index contributed by atoms with van der Waals surface area (Å²) in [6.07, 6.45) is 1.51. The van der Waals surface area contributed by atoms with Crippen LogP contribution in [0.4, 0.5) is 0 Å². The Labute approximate surface area is 164 Å². The van der Waals surface area contributed by atoms with Gasteiger partial charge in [-0.1, -0.05) is 36.7 Å². The number of nitrogens with zero attached hydrogens (tertiary/aromatic N) is 1. The molecule has 1 aromatic carbocycles. The van der Waals surface area contributed by atoms with Crippen LogP contribution in [-0.4, -0.2) is 50.5 Å². The zero-order valence-corrected chi connectivity index (χ0v) is 17.9. The first-order chi connectivity index (χ1) is 12.2. The van der Waals surface area contributed by atoms with Crippen LogP contribution in [-0.2, 0) is 19.4 Å². The van der Waals surface area contributed by atoms with Crippen LogP contribution < -0.4 is 5.32 Å². The van der Waals surface area contributed by atoms with Crippen molar-refractivity contribution in [1.82, 2.24) is 10.2 Å². The largest absolute Gasteiger partial charge is 0.355 e. The minimum absolute atomic E-state index is 0.0463. The number of carbonyl (C=O) groups excluding carboxylic acids is 2. The van der Waals surface area contributed by atoms with Crippen LogP contribution in [0.2, 0.25) is 0 Å². The Bertz CT molecular complexity index is 704. The second-order valence-electron chi connectivity index (χ2n) is 6.25. The maximum atomic E-state index is 12.7. The lowest BCUT2D eigenvalue weighted by molar-refractivity contribution is -0.138. The smallest absolute Gasteiger partial charge is 0.239 e. The Morgan fingerprint density at radius 3 is 2.31 bits per heavy atom. The number of nitrogens with one attached hydrogen (secondary N) is 1. The summed E-state index contributed by atoms with van der Waals surface area (Å²) in [5.74, 6) is -1.56. The lowest BCUT2D eigenvalue weighted by Gasteiger charge is -2.25. The van der Waals surface area contributed by atoms with Crippen molar-refractivity contribution in [2.24, 2.45) is 5.92 Å². The number of sulfone groups is 1.